The van der Waals surface area contributed by atoms with Gasteiger partial charge in [0.05, 0.1) is 11.1 Å². The van der Waals surface area contributed by atoms with Crippen molar-refractivity contribution in [2.75, 3.05) is 0 Å². The van der Waals surface area contributed by atoms with Gasteiger partial charge >= 0.3 is 0 Å². The molecule has 1 atom stereocenters. The number of nitrogens with zero attached hydrogens (tertiary/aromatic N) is 1. The van der Waals surface area contributed by atoms with Crippen LogP contribution in [-0.2, 0) is 15.0 Å². The third kappa shape index (κ3) is 3.36. The molecule has 1 aliphatic heterocycles. The van der Waals surface area contributed by atoms with Gasteiger partial charge in [-0.25, -0.2) is 4.99 Å². The lowest BCUT2D eigenvalue weighted by molar-refractivity contribution is -0.123. The van der Waals surface area contributed by atoms with Crippen molar-refractivity contribution < 1.29 is 9.59 Å². The van der Waals surface area contributed by atoms with Gasteiger partial charge in [0.2, 0.25) is 5.91 Å². The van der Waals surface area contributed by atoms with Crippen molar-refractivity contribution in [1.29, 1.82) is 0 Å². The molecule has 1 unspecified atom stereocenters. The van der Waals surface area contributed by atoms with E-state index < -0.39 is 5.41 Å². The molecule has 2 amide bonds. The van der Waals surface area contributed by atoms with Crippen LogP contribution in [0.25, 0.3) is 0 Å². The second-order valence-corrected chi connectivity index (χ2v) is 8.45. The summed E-state index contributed by atoms with van der Waals surface area (Å²) in [7, 11) is 0. The molecule has 0 bridgehead atoms. The Hall–Kier alpha value is -2.27. The summed E-state index contributed by atoms with van der Waals surface area (Å²) in [6.07, 6.45) is 13.3. The summed E-state index contributed by atoms with van der Waals surface area (Å²) in [4.78, 5) is 30.8. The van der Waals surface area contributed by atoms with E-state index in [0.717, 1.165) is 54.7 Å². The monoisotopic (exact) mass is 380 g/mol. The largest absolute Gasteiger partial charge is 0.325 e. The van der Waals surface area contributed by atoms with E-state index in [1.54, 1.807) is 17.4 Å². The maximum atomic E-state index is 13.2. The van der Waals surface area contributed by atoms with Gasteiger partial charge in [0.1, 0.15) is 0 Å². The number of carbonyl (C=O) groups excluding carboxylic acids is 2. The Balaban J connectivity index is 1.62. The summed E-state index contributed by atoms with van der Waals surface area (Å²) in [5.74, 6) is -0.0499. The van der Waals surface area contributed by atoms with Crippen LogP contribution in [0.3, 0.4) is 0 Å². The first-order valence-electron chi connectivity index (χ1n) is 9.71. The minimum absolute atomic E-state index is 0.0520. The lowest BCUT2D eigenvalue weighted by atomic mass is 9.83. The van der Waals surface area contributed by atoms with Gasteiger partial charge in [0, 0.05) is 22.6 Å². The zero-order valence-corrected chi connectivity index (χ0v) is 16.3. The Morgan fingerprint density at radius 1 is 1.33 bits per heavy atom. The van der Waals surface area contributed by atoms with Gasteiger partial charge in [-0.1, -0.05) is 43.9 Å². The van der Waals surface area contributed by atoms with Gasteiger partial charge < -0.3 is 5.32 Å². The van der Waals surface area contributed by atoms with Gasteiger partial charge in [-0.3, -0.25) is 9.59 Å². The van der Waals surface area contributed by atoms with Crippen LogP contribution in [0, 0.1) is 5.92 Å². The first-order valence-corrected chi connectivity index (χ1v) is 10.6. The molecule has 2 aliphatic carbocycles. The van der Waals surface area contributed by atoms with E-state index in [9.17, 15) is 9.59 Å². The third-order valence-corrected chi connectivity index (χ3v) is 6.78. The average Bonchev–Trinajstić information content (AvgIpc) is 3.34. The summed E-state index contributed by atoms with van der Waals surface area (Å²) in [6, 6.07) is 4.06. The maximum Gasteiger partial charge on any atom is 0.257 e. The first-order chi connectivity index (χ1) is 13.1. The minimum Gasteiger partial charge on any atom is -0.325 e. The number of hydrogen-bond acceptors (Lipinski definition) is 3. The highest BCUT2D eigenvalue weighted by atomic mass is 32.1. The third-order valence-electron chi connectivity index (χ3n) is 5.71. The van der Waals surface area contributed by atoms with Crippen molar-refractivity contribution >= 4 is 28.9 Å². The normalized spacial score (nSPS) is 25.0. The highest BCUT2D eigenvalue weighted by molar-refractivity contribution is 7.10. The van der Waals surface area contributed by atoms with Crippen molar-refractivity contribution in [3.63, 3.8) is 0 Å². The van der Waals surface area contributed by atoms with E-state index in [1.807, 2.05) is 23.6 Å². The standard InChI is InChI=1S/C22H24N2O2S/c1-2-6-15-13-20(25)24-18-14-16(8-9-17(15)18)23-21(26)22(10-3-4-11-22)19-7-5-12-27-19/h5,7-9,12-14,17H,2-4,6,10-11H2,1H3,(H,24,25). The fraction of sp³-hybridized carbons (Fsp3) is 0.409. The topological polar surface area (TPSA) is 58.5 Å². The molecule has 4 rings (SSSR count). The lowest BCUT2D eigenvalue weighted by Crippen LogP contribution is -2.34. The predicted molar refractivity (Wildman–Crippen MR) is 109 cm³/mol. The zero-order valence-electron chi connectivity index (χ0n) is 15.5. The van der Waals surface area contributed by atoms with E-state index in [1.165, 1.54) is 0 Å². The zero-order chi connectivity index (χ0) is 18.9. The summed E-state index contributed by atoms with van der Waals surface area (Å²) in [6.45, 7) is 2.11. The van der Waals surface area contributed by atoms with E-state index in [0.29, 0.717) is 5.71 Å². The molecule has 27 heavy (non-hydrogen) atoms. The van der Waals surface area contributed by atoms with Crippen LogP contribution in [0.2, 0.25) is 0 Å². The fourth-order valence-electron chi connectivity index (χ4n) is 4.37. The molecule has 3 aliphatic rings. The van der Waals surface area contributed by atoms with Crippen LogP contribution < -0.4 is 5.32 Å². The predicted octanol–water partition coefficient (Wildman–Crippen LogP) is 4.45. The number of fused-ring (bicyclic) bond motifs is 1. The van der Waals surface area contributed by atoms with Gasteiger partial charge in [0.15, 0.2) is 0 Å². The van der Waals surface area contributed by atoms with Crippen molar-refractivity contribution in [2.24, 2.45) is 10.9 Å². The van der Waals surface area contributed by atoms with Crippen LogP contribution in [0.4, 0.5) is 0 Å². The summed E-state index contributed by atoms with van der Waals surface area (Å²) in [5.41, 5.74) is 2.12. The molecule has 5 heteroatoms. The SMILES string of the molecule is CCCC1=CC(=O)NC2=CC(=NC(=O)C3(c4cccs4)CCCC3)C=CC12. The molecule has 0 saturated heterocycles. The number of aliphatic imine (C=N–C) groups is 1. The molecule has 0 spiro atoms. The van der Waals surface area contributed by atoms with Crippen LogP contribution in [-0.4, -0.2) is 17.5 Å². The van der Waals surface area contributed by atoms with Crippen molar-refractivity contribution in [3.05, 3.63) is 58.0 Å². The number of allylic oxidation sites excluding steroid dienone is 3. The molecule has 2 heterocycles. The minimum atomic E-state index is -0.465. The van der Waals surface area contributed by atoms with Crippen LogP contribution in [0.15, 0.2) is 58.1 Å². The first kappa shape index (κ1) is 18.1. The van der Waals surface area contributed by atoms with E-state index in [2.05, 4.69) is 29.4 Å². The number of hydrogen-bond donors (Lipinski definition) is 1. The van der Waals surface area contributed by atoms with E-state index >= 15 is 0 Å². The van der Waals surface area contributed by atoms with Gasteiger partial charge in [-0.2, -0.15) is 0 Å². The number of amides is 2. The van der Waals surface area contributed by atoms with E-state index in [-0.39, 0.29) is 17.7 Å². The van der Waals surface area contributed by atoms with Gasteiger partial charge in [-0.05, 0) is 42.9 Å². The van der Waals surface area contributed by atoms with Crippen molar-refractivity contribution in [3.8, 4) is 0 Å². The Labute approximate surface area is 163 Å². The second kappa shape index (κ2) is 7.39. The second-order valence-electron chi connectivity index (χ2n) is 7.50. The smallest absolute Gasteiger partial charge is 0.257 e. The van der Waals surface area contributed by atoms with E-state index in [4.69, 9.17) is 0 Å². The summed E-state index contributed by atoms with van der Waals surface area (Å²) < 4.78 is 0. The Morgan fingerprint density at radius 2 is 2.15 bits per heavy atom. The highest BCUT2D eigenvalue weighted by Gasteiger charge is 2.43. The molecular formula is C22H24N2O2S. The summed E-state index contributed by atoms with van der Waals surface area (Å²) in [5, 5.41) is 4.95. The summed E-state index contributed by atoms with van der Waals surface area (Å²) >= 11 is 1.65. The van der Waals surface area contributed by atoms with Gasteiger partial charge in [-0.15, -0.1) is 11.3 Å². The maximum absolute atomic E-state index is 13.2. The van der Waals surface area contributed by atoms with Crippen molar-refractivity contribution in [1.82, 2.24) is 5.32 Å². The molecule has 1 fully saturated rings. The number of thiophene rings is 1. The number of nitrogens with one attached hydrogen (secondary N) is 1. The lowest BCUT2D eigenvalue weighted by Gasteiger charge is -2.28. The number of rotatable bonds is 4. The van der Waals surface area contributed by atoms with Crippen LogP contribution in [0.5, 0.6) is 0 Å². The molecule has 1 saturated carbocycles. The molecule has 140 valence electrons. The fourth-order valence-corrected chi connectivity index (χ4v) is 5.35. The Kier molecular flexibility index (Phi) is 4.96. The molecule has 1 N–H and O–H groups in total. The molecular weight excluding hydrogens is 356 g/mol. The molecule has 1 aromatic heterocycles. The Bertz CT molecular complexity index is 868. The molecule has 0 radical (unpaired) electrons. The van der Waals surface area contributed by atoms with Crippen LogP contribution in [0.1, 0.15) is 50.3 Å². The van der Waals surface area contributed by atoms with Gasteiger partial charge in [0.25, 0.3) is 5.91 Å². The molecule has 0 aromatic carbocycles. The van der Waals surface area contributed by atoms with Crippen molar-refractivity contribution in [2.45, 2.75) is 50.9 Å². The van der Waals surface area contributed by atoms with Crippen LogP contribution >= 0.6 is 11.3 Å². The Morgan fingerprint density at radius 3 is 2.85 bits per heavy atom. The molecule has 1 aromatic rings. The number of carbonyl (C=O) groups is 2. The molecule has 4 nitrogen and oxygen atoms in total. The average molecular weight is 381 g/mol. The quantitative estimate of drug-likeness (QED) is 0.839. The highest BCUT2D eigenvalue weighted by Crippen LogP contribution is 2.44.